The number of rotatable bonds is 3. The molecule has 0 bridgehead atoms. The highest BCUT2D eigenvalue weighted by Crippen LogP contribution is 2.28. The van der Waals surface area contributed by atoms with Gasteiger partial charge in [0, 0.05) is 0 Å². The smallest absolute Gasteiger partial charge is 0.234 e. The van der Waals surface area contributed by atoms with Crippen LogP contribution in [0.25, 0.3) is 0 Å². The van der Waals surface area contributed by atoms with Crippen molar-refractivity contribution in [1.82, 2.24) is 4.90 Å². The maximum atomic E-state index is 11.6. The summed E-state index contributed by atoms with van der Waals surface area (Å²) in [5.74, 6) is -0.956. The van der Waals surface area contributed by atoms with Crippen LogP contribution in [0.15, 0.2) is 0 Å². The predicted octanol–water partition coefficient (Wildman–Crippen LogP) is -4.11. The highest BCUT2D eigenvalue weighted by Gasteiger charge is 2.48. The van der Waals surface area contributed by atoms with E-state index in [1.807, 2.05) is 0 Å². The largest absolute Gasteiger partial charge is 0.394 e. The van der Waals surface area contributed by atoms with Crippen LogP contribution in [0.1, 0.15) is 0 Å². The zero-order valence-electron chi connectivity index (χ0n) is 9.23. The number of likely N-dealkylation sites (tertiary alicyclic amines) is 1. The van der Waals surface area contributed by atoms with E-state index in [0.717, 1.165) is 0 Å². The van der Waals surface area contributed by atoms with E-state index in [1.165, 1.54) is 0 Å². The quantitative estimate of drug-likeness (QED) is 0.257. The van der Waals surface area contributed by atoms with Crippen LogP contribution in [-0.4, -0.2) is 89.5 Å². The molecule has 5 atom stereocenters. The van der Waals surface area contributed by atoms with Crippen LogP contribution in [0.4, 0.5) is 0 Å². The Labute approximate surface area is 103 Å². The van der Waals surface area contributed by atoms with Gasteiger partial charge < -0.3 is 40.2 Å². The Hall–Kier alpha value is -0.380. The monoisotopic (exact) mass is 285 g/mol. The average Bonchev–Trinajstić information content (AvgIpc) is 2.29. The second kappa shape index (κ2) is 6.18. The molecular weight excluding hydrogens is 269 g/mol. The van der Waals surface area contributed by atoms with E-state index < -0.39 is 57.6 Å². The summed E-state index contributed by atoms with van der Waals surface area (Å²) in [6.07, 6.45) is -7.73. The zero-order valence-corrected chi connectivity index (χ0v) is 10.1. The van der Waals surface area contributed by atoms with Gasteiger partial charge in [0.15, 0.2) is 14.6 Å². The summed E-state index contributed by atoms with van der Waals surface area (Å²) in [5.41, 5.74) is 0. The van der Waals surface area contributed by atoms with Crippen LogP contribution in [0.5, 0.6) is 0 Å². The summed E-state index contributed by atoms with van der Waals surface area (Å²) < 4.78 is 0. The summed E-state index contributed by atoms with van der Waals surface area (Å²) in [7, 11) is -2.56. The van der Waals surface area contributed by atoms with E-state index in [1.54, 1.807) is 0 Å². The van der Waals surface area contributed by atoms with Crippen LogP contribution in [-0.2, 0) is 4.79 Å². The van der Waals surface area contributed by atoms with Crippen LogP contribution >= 0.6 is 8.38 Å². The van der Waals surface area contributed by atoms with Crippen molar-refractivity contribution < 1.29 is 40.1 Å². The summed E-state index contributed by atoms with van der Waals surface area (Å²) >= 11 is 0. The molecule has 1 aliphatic rings. The van der Waals surface area contributed by atoms with Crippen molar-refractivity contribution in [3.63, 3.8) is 0 Å². The van der Waals surface area contributed by atoms with Crippen molar-refractivity contribution >= 4 is 14.3 Å². The maximum absolute atomic E-state index is 11.6. The van der Waals surface area contributed by atoms with Gasteiger partial charge in [0.2, 0.25) is 5.91 Å². The zero-order chi connectivity index (χ0) is 14.0. The molecule has 1 heterocycles. The molecule has 9 nitrogen and oxygen atoms in total. The highest BCUT2D eigenvalue weighted by atomic mass is 31.2. The number of hydrogen-bond donors (Lipinski definition) is 7. The second-order valence-corrected chi connectivity index (χ2v) is 5.03. The van der Waals surface area contributed by atoms with Crippen LogP contribution in [0.3, 0.4) is 0 Å². The Morgan fingerprint density at radius 3 is 2.06 bits per heavy atom. The molecule has 1 aliphatic heterocycles. The van der Waals surface area contributed by atoms with E-state index in [9.17, 15) is 25.2 Å². The summed E-state index contributed by atoms with van der Waals surface area (Å²) in [6, 6.07) is -1.33. The lowest BCUT2D eigenvalue weighted by Gasteiger charge is -2.46. The summed E-state index contributed by atoms with van der Waals surface area (Å²) in [6.45, 7) is -0.761. The van der Waals surface area contributed by atoms with E-state index >= 15 is 0 Å². The van der Waals surface area contributed by atoms with Crippen molar-refractivity contribution in [3.8, 4) is 0 Å². The first-order valence-corrected chi connectivity index (χ1v) is 6.54. The van der Waals surface area contributed by atoms with Gasteiger partial charge in [-0.2, -0.15) is 0 Å². The molecule has 0 aliphatic carbocycles. The molecule has 18 heavy (non-hydrogen) atoms. The van der Waals surface area contributed by atoms with Gasteiger partial charge in [-0.05, 0) is 0 Å². The molecule has 0 spiro atoms. The fourth-order valence-electron chi connectivity index (χ4n) is 1.86. The van der Waals surface area contributed by atoms with E-state index in [-0.39, 0.29) is 0 Å². The Morgan fingerprint density at radius 2 is 1.61 bits per heavy atom. The van der Waals surface area contributed by atoms with E-state index in [2.05, 4.69) is 0 Å². The predicted molar refractivity (Wildman–Crippen MR) is 58.0 cm³/mol. The lowest BCUT2D eigenvalue weighted by atomic mass is 9.93. The Morgan fingerprint density at radius 1 is 1.06 bits per heavy atom. The molecule has 10 heteroatoms. The van der Waals surface area contributed by atoms with Crippen LogP contribution < -0.4 is 0 Å². The molecule has 1 amide bonds. The van der Waals surface area contributed by atoms with Gasteiger partial charge in [-0.25, -0.2) is 0 Å². The molecule has 1 fully saturated rings. The van der Waals surface area contributed by atoms with Crippen LogP contribution in [0, 0.1) is 0 Å². The van der Waals surface area contributed by atoms with E-state index in [0.29, 0.717) is 4.90 Å². The van der Waals surface area contributed by atoms with Crippen molar-refractivity contribution in [3.05, 3.63) is 0 Å². The minimum absolute atomic E-state index is 0.545. The maximum Gasteiger partial charge on any atom is 0.234 e. The minimum atomic E-state index is -2.56. The number of nitrogens with zero attached hydrogens (tertiary/aromatic N) is 1. The molecule has 0 radical (unpaired) electrons. The molecule has 0 aromatic heterocycles. The lowest BCUT2D eigenvalue weighted by Crippen LogP contribution is -2.68. The number of hydrogen-bond acceptors (Lipinski definition) is 8. The third kappa shape index (κ3) is 2.95. The molecule has 0 aromatic rings. The van der Waals surface area contributed by atoms with Crippen molar-refractivity contribution in [2.75, 3.05) is 12.8 Å². The molecule has 7 N–H and O–H groups in total. The molecule has 1 rings (SSSR count). The van der Waals surface area contributed by atoms with Gasteiger partial charge in [-0.15, -0.1) is 0 Å². The summed E-state index contributed by atoms with van der Waals surface area (Å²) in [4.78, 5) is 29.7. The van der Waals surface area contributed by atoms with Gasteiger partial charge in [0.25, 0.3) is 0 Å². The van der Waals surface area contributed by atoms with Crippen molar-refractivity contribution in [2.45, 2.75) is 30.6 Å². The fraction of sp³-hybridized carbons (Fsp3) is 0.875. The van der Waals surface area contributed by atoms with Gasteiger partial charge in [-0.1, -0.05) is 0 Å². The van der Waals surface area contributed by atoms with E-state index in [4.69, 9.17) is 14.9 Å². The van der Waals surface area contributed by atoms with Crippen LogP contribution in [0.2, 0.25) is 0 Å². The molecular formula is C8H16NO8P. The Bertz CT molecular complexity index is 303. The van der Waals surface area contributed by atoms with Crippen molar-refractivity contribution in [1.29, 1.82) is 0 Å². The number of carbonyl (C=O) groups excluding carboxylic acids is 1. The summed E-state index contributed by atoms with van der Waals surface area (Å²) in [5, 5.41) is 47.1. The first-order chi connectivity index (χ1) is 8.31. The number of piperidine rings is 1. The molecule has 106 valence electrons. The van der Waals surface area contributed by atoms with Gasteiger partial charge >= 0.3 is 0 Å². The standard InChI is InChI=1S/C8H16NO8P/c10-1-3-5(12)6(13)7(14)8(15)9(3)4(11)2-18(16)17/h3,5-8,10,12-17H,1-2H2. The SMILES string of the molecule is O=C(CP(O)O)N1C(O)C(O)C(O)C(O)C1CO. The number of aliphatic hydroxyl groups is 5. The fourth-order valence-corrected chi connectivity index (χ4v) is 2.27. The van der Waals surface area contributed by atoms with Gasteiger partial charge in [-0.3, -0.25) is 4.79 Å². The molecule has 5 unspecified atom stereocenters. The molecule has 1 saturated heterocycles. The Balaban J connectivity index is 2.94. The third-order valence-corrected chi connectivity index (χ3v) is 3.35. The third-order valence-electron chi connectivity index (χ3n) is 2.79. The van der Waals surface area contributed by atoms with Crippen molar-refractivity contribution in [2.24, 2.45) is 0 Å². The number of aliphatic hydroxyl groups excluding tert-OH is 5. The highest BCUT2D eigenvalue weighted by molar-refractivity contribution is 7.46. The number of amides is 1. The normalized spacial score (nSPS) is 37.1. The average molecular weight is 285 g/mol. The Kier molecular flexibility index (Phi) is 5.38. The first-order valence-electron chi connectivity index (χ1n) is 5.10. The van der Waals surface area contributed by atoms with Gasteiger partial charge in [0.1, 0.15) is 18.3 Å². The second-order valence-electron chi connectivity index (χ2n) is 3.97. The number of carbonyl (C=O) groups is 1. The molecule has 0 aromatic carbocycles. The van der Waals surface area contributed by atoms with Gasteiger partial charge in [0.05, 0.1) is 18.8 Å². The lowest BCUT2D eigenvalue weighted by molar-refractivity contribution is -0.221. The first kappa shape index (κ1) is 15.7. The molecule has 0 saturated carbocycles. The minimum Gasteiger partial charge on any atom is -0.394 e. The topological polar surface area (TPSA) is 162 Å².